The van der Waals surface area contributed by atoms with Crippen molar-refractivity contribution in [2.24, 2.45) is 0 Å². The quantitative estimate of drug-likeness (QED) is 0.660. The lowest BCUT2D eigenvalue weighted by Gasteiger charge is -2.14. The Hall–Kier alpha value is -3.55. The fourth-order valence-corrected chi connectivity index (χ4v) is 2.87. The number of aryl methyl sites for hydroxylation is 1. The molecular weight excluding hydrogens is 380 g/mol. The number of nitrogens with zero attached hydrogens (tertiary/aromatic N) is 2. The van der Waals surface area contributed by atoms with E-state index in [0.29, 0.717) is 11.4 Å². The Morgan fingerprint density at radius 2 is 1.66 bits per heavy atom. The Morgan fingerprint density at radius 1 is 1.03 bits per heavy atom. The minimum atomic E-state index is -1.28. The molecule has 1 aromatic heterocycles. The summed E-state index contributed by atoms with van der Waals surface area (Å²) in [6, 6.07) is 12.4. The number of amides is 1. The third-order valence-electron chi connectivity index (χ3n) is 4.36. The summed E-state index contributed by atoms with van der Waals surface area (Å²) in [5.41, 5.74) is 1.39. The Kier molecular flexibility index (Phi) is 5.72. The van der Waals surface area contributed by atoms with Crippen LogP contribution >= 0.6 is 0 Å². The number of benzene rings is 2. The summed E-state index contributed by atoms with van der Waals surface area (Å²) in [5, 5.41) is 6.47. The zero-order chi connectivity index (χ0) is 21.1. The predicted molar refractivity (Wildman–Crippen MR) is 103 cm³/mol. The second-order valence-electron chi connectivity index (χ2n) is 6.43. The smallest absolute Gasteiger partial charge is 0.342 e. The lowest BCUT2D eigenvalue weighted by Crippen LogP contribution is -2.31. The number of para-hydroxylation sites is 2. The summed E-state index contributed by atoms with van der Waals surface area (Å²) in [6.45, 7) is 4.68. The number of rotatable bonds is 5. The number of carbonyl (C=O) groups is 2. The van der Waals surface area contributed by atoms with E-state index < -0.39 is 35.3 Å². The number of hydrogen-bond donors (Lipinski definition) is 1. The number of aromatic nitrogens is 2. The van der Waals surface area contributed by atoms with Crippen LogP contribution in [0.4, 0.5) is 14.5 Å². The van der Waals surface area contributed by atoms with Crippen molar-refractivity contribution in [2.45, 2.75) is 26.9 Å². The highest BCUT2D eigenvalue weighted by molar-refractivity contribution is 5.98. The monoisotopic (exact) mass is 399 g/mol. The number of halogens is 2. The van der Waals surface area contributed by atoms with Crippen LogP contribution in [-0.2, 0) is 9.53 Å². The van der Waals surface area contributed by atoms with Crippen molar-refractivity contribution in [1.29, 1.82) is 0 Å². The van der Waals surface area contributed by atoms with Gasteiger partial charge in [0.25, 0.3) is 5.91 Å². The average Bonchev–Trinajstić information content (AvgIpc) is 2.99. The Balaban J connectivity index is 1.76. The average molecular weight is 399 g/mol. The maximum absolute atomic E-state index is 13.7. The van der Waals surface area contributed by atoms with Crippen molar-refractivity contribution in [3.8, 4) is 5.69 Å². The van der Waals surface area contributed by atoms with E-state index in [1.54, 1.807) is 18.5 Å². The van der Waals surface area contributed by atoms with Crippen molar-refractivity contribution >= 4 is 17.6 Å². The summed E-state index contributed by atoms with van der Waals surface area (Å²) >= 11 is 0. The van der Waals surface area contributed by atoms with E-state index in [1.165, 1.54) is 13.0 Å². The first-order valence-corrected chi connectivity index (χ1v) is 8.87. The van der Waals surface area contributed by atoms with E-state index in [9.17, 15) is 18.4 Å². The summed E-state index contributed by atoms with van der Waals surface area (Å²) in [5.74, 6) is -3.45. The first kappa shape index (κ1) is 20.2. The van der Waals surface area contributed by atoms with Crippen LogP contribution in [0.1, 0.15) is 28.7 Å². The third-order valence-corrected chi connectivity index (χ3v) is 4.36. The van der Waals surface area contributed by atoms with Crippen LogP contribution in [0.25, 0.3) is 5.69 Å². The molecule has 0 unspecified atom stereocenters. The van der Waals surface area contributed by atoms with Gasteiger partial charge in [0.05, 0.1) is 17.1 Å². The van der Waals surface area contributed by atoms with E-state index >= 15 is 0 Å². The molecule has 0 fully saturated rings. The molecule has 1 heterocycles. The van der Waals surface area contributed by atoms with Crippen molar-refractivity contribution in [3.63, 3.8) is 0 Å². The van der Waals surface area contributed by atoms with Gasteiger partial charge in [0.2, 0.25) is 0 Å². The molecular formula is C21H19F2N3O3. The summed E-state index contributed by atoms with van der Waals surface area (Å²) in [4.78, 5) is 24.9. The SMILES string of the molecule is Cc1nn(-c2ccccc2)c(C)c1C(=O)O[C@@H](C)C(=O)Nc1c(F)cccc1F. The first-order chi connectivity index (χ1) is 13.8. The normalized spacial score (nSPS) is 11.8. The molecule has 0 saturated heterocycles. The molecule has 0 aliphatic heterocycles. The largest absolute Gasteiger partial charge is 0.449 e. The van der Waals surface area contributed by atoms with E-state index in [4.69, 9.17) is 4.74 Å². The molecule has 3 rings (SSSR count). The molecule has 0 saturated carbocycles. The van der Waals surface area contributed by atoms with Gasteiger partial charge in [-0.25, -0.2) is 18.3 Å². The molecule has 1 amide bonds. The number of ether oxygens (including phenoxy) is 1. The summed E-state index contributed by atoms with van der Waals surface area (Å²) in [7, 11) is 0. The number of hydrogen-bond acceptors (Lipinski definition) is 4. The van der Waals surface area contributed by atoms with E-state index in [2.05, 4.69) is 10.4 Å². The van der Waals surface area contributed by atoms with E-state index in [0.717, 1.165) is 17.8 Å². The topological polar surface area (TPSA) is 73.2 Å². The van der Waals surface area contributed by atoms with Crippen molar-refractivity contribution in [2.75, 3.05) is 5.32 Å². The molecule has 6 nitrogen and oxygen atoms in total. The van der Waals surface area contributed by atoms with E-state index in [-0.39, 0.29) is 5.56 Å². The first-order valence-electron chi connectivity index (χ1n) is 8.87. The zero-order valence-electron chi connectivity index (χ0n) is 16.1. The highest BCUT2D eigenvalue weighted by atomic mass is 19.1. The second kappa shape index (κ2) is 8.22. The summed E-state index contributed by atoms with van der Waals surface area (Å²) in [6.07, 6.45) is -1.28. The van der Waals surface area contributed by atoms with Gasteiger partial charge in [-0.15, -0.1) is 0 Å². The highest BCUT2D eigenvalue weighted by Crippen LogP contribution is 2.21. The predicted octanol–water partition coefficient (Wildman–Crippen LogP) is 3.95. The molecule has 29 heavy (non-hydrogen) atoms. The van der Waals surface area contributed by atoms with Gasteiger partial charge in [0, 0.05) is 0 Å². The minimum Gasteiger partial charge on any atom is -0.449 e. The fraction of sp³-hybridized carbons (Fsp3) is 0.190. The second-order valence-corrected chi connectivity index (χ2v) is 6.43. The van der Waals surface area contributed by atoms with Crippen molar-refractivity contribution < 1.29 is 23.1 Å². The van der Waals surface area contributed by atoms with Gasteiger partial charge >= 0.3 is 5.97 Å². The van der Waals surface area contributed by atoms with Gasteiger partial charge in [-0.1, -0.05) is 24.3 Å². The fourth-order valence-electron chi connectivity index (χ4n) is 2.87. The Bertz CT molecular complexity index is 1040. The minimum absolute atomic E-state index is 0.227. The number of carbonyl (C=O) groups excluding carboxylic acids is 2. The Labute approximate surface area is 166 Å². The molecule has 0 radical (unpaired) electrons. The molecule has 0 aliphatic carbocycles. The molecule has 8 heteroatoms. The molecule has 0 spiro atoms. The van der Waals surface area contributed by atoms with Crippen LogP contribution in [0, 0.1) is 25.5 Å². The molecule has 2 aromatic carbocycles. The van der Waals surface area contributed by atoms with Gasteiger partial charge in [0.1, 0.15) is 22.9 Å². The van der Waals surface area contributed by atoms with Gasteiger partial charge in [0.15, 0.2) is 6.10 Å². The number of anilines is 1. The van der Waals surface area contributed by atoms with Gasteiger partial charge in [-0.3, -0.25) is 4.79 Å². The van der Waals surface area contributed by atoms with Crippen LogP contribution in [0.2, 0.25) is 0 Å². The summed E-state index contributed by atoms with van der Waals surface area (Å²) < 4.78 is 34.2. The molecule has 150 valence electrons. The number of nitrogens with one attached hydrogen (secondary N) is 1. The molecule has 1 atom stereocenters. The van der Waals surface area contributed by atoms with Crippen LogP contribution in [-0.4, -0.2) is 27.8 Å². The van der Waals surface area contributed by atoms with Crippen LogP contribution in [0.5, 0.6) is 0 Å². The van der Waals surface area contributed by atoms with Crippen LogP contribution in [0.15, 0.2) is 48.5 Å². The highest BCUT2D eigenvalue weighted by Gasteiger charge is 2.26. The van der Waals surface area contributed by atoms with Crippen molar-refractivity contribution in [1.82, 2.24) is 9.78 Å². The lowest BCUT2D eigenvalue weighted by molar-refractivity contribution is -0.123. The van der Waals surface area contributed by atoms with Crippen LogP contribution < -0.4 is 5.32 Å². The van der Waals surface area contributed by atoms with Gasteiger partial charge < -0.3 is 10.1 Å². The maximum atomic E-state index is 13.7. The standard InChI is InChI=1S/C21H19F2N3O3/c1-12-18(13(2)26(25-12)15-8-5-4-6-9-15)21(28)29-14(3)20(27)24-19-16(22)10-7-11-17(19)23/h4-11,14H,1-3H3,(H,24,27)/t14-/m0/s1. The van der Waals surface area contributed by atoms with Crippen LogP contribution in [0.3, 0.4) is 0 Å². The number of esters is 1. The zero-order valence-corrected chi connectivity index (χ0v) is 16.1. The molecule has 0 aliphatic rings. The van der Waals surface area contributed by atoms with Gasteiger partial charge in [-0.05, 0) is 45.0 Å². The van der Waals surface area contributed by atoms with Gasteiger partial charge in [-0.2, -0.15) is 5.10 Å². The van der Waals surface area contributed by atoms with E-state index in [1.807, 2.05) is 30.3 Å². The molecule has 3 aromatic rings. The van der Waals surface area contributed by atoms with Crippen molar-refractivity contribution in [3.05, 3.63) is 77.1 Å². The third kappa shape index (κ3) is 4.16. The Morgan fingerprint density at radius 3 is 2.28 bits per heavy atom. The maximum Gasteiger partial charge on any atom is 0.342 e. The molecule has 0 bridgehead atoms. The lowest BCUT2D eigenvalue weighted by atomic mass is 10.2. The molecule has 1 N–H and O–H groups in total.